The SMILES string of the molecule is ClC1CCCCC1NCCOc1ccc(Br)cc1. The molecule has 2 nitrogen and oxygen atoms in total. The maximum absolute atomic E-state index is 6.29. The van der Waals surface area contributed by atoms with Gasteiger partial charge in [-0.15, -0.1) is 11.6 Å². The third-order valence-electron chi connectivity index (χ3n) is 3.27. The van der Waals surface area contributed by atoms with Crippen LogP contribution in [-0.4, -0.2) is 24.6 Å². The number of hydrogen-bond donors (Lipinski definition) is 1. The van der Waals surface area contributed by atoms with Crippen molar-refractivity contribution in [3.8, 4) is 5.75 Å². The van der Waals surface area contributed by atoms with Gasteiger partial charge in [0.25, 0.3) is 0 Å². The smallest absolute Gasteiger partial charge is 0.119 e. The summed E-state index contributed by atoms with van der Waals surface area (Å²) in [7, 11) is 0. The van der Waals surface area contributed by atoms with Gasteiger partial charge in [-0.3, -0.25) is 0 Å². The van der Waals surface area contributed by atoms with Gasteiger partial charge in [0.2, 0.25) is 0 Å². The van der Waals surface area contributed by atoms with E-state index in [0.29, 0.717) is 12.6 Å². The Morgan fingerprint density at radius 2 is 1.94 bits per heavy atom. The van der Waals surface area contributed by atoms with Crippen LogP contribution in [0.15, 0.2) is 28.7 Å². The van der Waals surface area contributed by atoms with E-state index in [2.05, 4.69) is 21.2 Å². The van der Waals surface area contributed by atoms with E-state index in [1.807, 2.05) is 24.3 Å². The average molecular weight is 333 g/mol. The number of ether oxygens (including phenoxy) is 1. The van der Waals surface area contributed by atoms with E-state index < -0.39 is 0 Å². The summed E-state index contributed by atoms with van der Waals surface area (Å²) in [4.78, 5) is 0. The van der Waals surface area contributed by atoms with Crippen molar-refractivity contribution in [3.05, 3.63) is 28.7 Å². The summed E-state index contributed by atoms with van der Waals surface area (Å²) in [5.41, 5.74) is 0. The lowest BCUT2D eigenvalue weighted by Crippen LogP contribution is -2.41. The van der Waals surface area contributed by atoms with Crippen molar-refractivity contribution >= 4 is 27.5 Å². The highest BCUT2D eigenvalue weighted by Gasteiger charge is 2.21. The van der Waals surface area contributed by atoms with Crippen molar-refractivity contribution in [1.82, 2.24) is 5.32 Å². The summed E-state index contributed by atoms with van der Waals surface area (Å²) in [5, 5.41) is 3.77. The zero-order valence-electron chi connectivity index (χ0n) is 10.4. The Bertz CT molecular complexity index is 357. The van der Waals surface area contributed by atoms with Crippen LogP contribution >= 0.6 is 27.5 Å². The monoisotopic (exact) mass is 331 g/mol. The summed E-state index contributed by atoms with van der Waals surface area (Å²) in [6.07, 6.45) is 4.87. The molecule has 1 aliphatic carbocycles. The minimum Gasteiger partial charge on any atom is -0.492 e. The Kier molecular flexibility index (Phi) is 5.80. The Balaban J connectivity index is 1.65. The minimum absolute atomic E-state index is 0.284. The molecule has 1 fully saturated rings. The second-order valence-electron chi connectivity index (χ2n) is 4.66. The molecule has 2 rings (SSSR count). The molecule has 0 aliphatic heterocycles. The fourth-order valence-corrected chi connectivity index (χ4v) is 2.89. The fourth-order valence-electron chi connectivity index (χ4n) is 2.26. The zero-order chi connectivity index (χ0) is 12.8. The molecule has 0 heterocycles. The first-order chi connectivity index (χ1) is 8.75. The highest BCUT2D eigenvalue weighted by Crippen LogP contribution is 2.22. The van der Waals surface area contributed by atoms with Gasteiger partial charge in [-0.1, -0.05) is 28.8 Å². The average Bonchev–Trinajstić information content (AvgIpc) is 2.39. The maximum Gasteiger partial charge on any atom is 0.119 e. The van der Waals surface area contributed by atoms with Crippen LogP contribution in [0.5, 0.6) is 5.75 Å². The highest BCUT2D eigenvalue weighted by atomic mass is 79.9. The molecular formula is C14H19BrClNO. The largest absolute Gasteiger partial charge is 0.492 e. The molecular weight excluding hydrogens is 314 g/mol. The van der Waals surface area contributed by atoms with E-state index in [1.165, 1.54) is 19.3 Å². The number of halogens is 2. The molecule has 2 unspecified atom stereocenters. The lowest BCUT2D eigenvalue weighted by Gasteiger charge is -2.27. The first-order valence-electron chi connectivity index (χ1n) is 6.51. The molecule has 4 heteroatoms. The van der Waals surface area contributed by atoms with Crippen LogP contribution in [0.4, 0.5) is 0 Å². The molecule has 0 radical (unpaired) electrons. The van der Waals surface area contributed by atoms with Gasteiger partial charge in [0.15, 0.2) is 0 Å². The van der Waals surface area contributed by atoms with E-state index in [-0.39, 0.29) is 5.38 Å². The summed E-state index contributed by atoms with van der Waals surface area (Å²) < 4.78 is 6.73. The van der Waals surface area contributed by atoms with Crippen molar-refractivity contribution in [2.24, 2.45) is 0 Å². The Labute approximate surface area is 122 Å². The molecule has 18 heavy (non-hydrogen) atoms. The summed E-state index contributed by atoms with van der Waals surface area (Å²) >= 11 is 9.69. The van der Waals surface area contributed by atoms with Crippen LogP contribution in [0.3, 0.4) is 0 Å². The number of rotatable bonds is 5. The van der Waals surface area contributed by atoms with Gasteiger partial charge in [-0.05, 0) is 37.1 Å². The van der Waals surface area contributed by atoms with Crippen molar-refractivity contribution in [2.45, 2.75) is 37.1 Å². The first kappa shape index (κ1) is 14.2. The molecule has 1 N–H and O–H groups in total. The molecule has 1 saturated carbocycles. The van der Waals surface area contributed by atoms with Gasteiger partial charge in [0.1, 0.15) is 12.4 Å². The van der Waals surface area contributed by atoms with Gasteiger partial charge in [0.05, 0.1) is 0 Å². The van der Waals surface area contributed by atoms with E-state index in [4.69, 9.17) is 16.3 Å². The standard InChI is InChI=1S/C14H19BrClNO/c15-11-5-7-12(8-6-11)18-10-9-17-14-4-2-1-3-13(14)16/h5-8,13-14,17H,1-4,9-10H2. The lowest BCUT2D eigenvalue weighted by atomic mass is 9.95. The molecule has 1 aliphatic rings. The molecule has 0 aromatic heterocycles. The lowest BCUT2D eigenvalue weighted by molar-refractivity contribution is 0.291. The zero-order valence-corrected chi connectivity index (χ0v) is 12.7. The normalized spacial score (nSPS) is 23.9. The molecule has 0 amide bonds. The maximum atomic E-state index is 6.29. The quantitative estimate of drug-likeness (QED) is 0.651. The van der Waals surface area contributed by atoms with Crippen molar-refractivity contribution in [1.29, 1.82) is 0 Å². The van der Waals surface area contributed by atoms with Crippen molar-refractivity contribution in [3.63, 3.8) is 0 Å². The molecule has 1 aromatic rings. The predicted molar refractivity (Wildman–Crippen MR) is 79.5 cm³/mol. The third-order valence-corrected chi connectivity index (χ3v) is 4.32. The molecule has 1 aromatic carbocycles. The van der Waals surface area contributed by atoms with Crippen LogP contribution in [0.1, 0.15) is 25.7 Å². The number of benzene rings is 1. The topological polar surface area (TPSA) is 21.3 Å². The first-order valence-corrected chi connectivity index (χ1v) is 7.74. The van der Waals surface area contributed by atoms with E-state index >= 15 is 0 Å². The van der Waals surface area contributed by atoms with Gasteiger partial charge in [-0.2, -0.15) is 0 Å². The van der Waals surface area contributed by atoms with Crippen LogP contribution in [-0.2, 0) is 0 Å². The van der Waals surface area contributed by atoms with Crippen LogP contribution < -0.4 is 10.1 Å². The molecule has 2 atom stereocenters. The van der Waals surface area contributed by atoms with Gasteiger partial charge in [-0.25, -0.2) is 0 Å². The molecule has 0 saturated heterocycles. The minimum atomic E-state index is 0.284. The van der Waals surface area contributed by atoms with E-state index in [0.717, 1.165) is 23.2 Å². The van der Waals surface area contributed by atoms with Crippen LogP contribution in [0, 0.1) is 0 Å². The van der Waals surface area contributed by atoms with E-state index in [9.17, 15) is 0 Å². The number of alkyl halides is 1. The van der Waals surface area contributed by atoms with Crippen molar-refractivity contribution in [2.75, 3.05) is 13.2 Å². The fraction of sp³-hybridized carbons (Fsp3) is 0.571. The summed E-state index contributed by atoms with van der Waals surface area (Å²) in [5.74, 6) is 0.908. The molecule has 0 bridgehead atoms. The molecule has 0 spiro atoms. The van der Waals surface area contributed by atoms with Gasteiger partial charge in [0, 0.05) is 22.4 Å². The van der Waals surface area contributed by atoms with Crippen LogP contribution in [0.25, 0.3) is 0 Å². The summed E-state index contributed by atoms with van der Waals surface area (Å²) in [6.45, 7) is 1.53. The second kappa shape index (κ2) is 7.37. The Hall–Kier alpha value is -0.250. The highest BCUT2D eigenvalue weighted by molar-refractivity contribution is 9.10. The second-order valence-corrected chi connectivity index (χ2v) is 6.14. The number of hydrogen-bond acceptors (Lipinski definition) is 2. The third kappa shape index (κ3) is 4.45. The van der Waals surface area contributed by atoms with Gasteiger partial charge >= 0.3 is 0 Å². The van der Waals surface area contributed by atoms with Gasteiger partial charge < -0.3 is 10.1 Å². The summed E-state index contributed by atoms with van der Waals surface area (Å²) in [6, 6.07) is 8.36. The Morgan fingerprint density at radius 3 is 2.67 bits per heavy atom. The van der Waals surface area contributed by atoms with Crippen LogP contribution in [0.2, 0.25) is 0 Å². The van der Waals surface area contributed by atoms with Crippen molar-refractivity contribution < 1.29 is 4.74 Å². The predicted octanol–water partition coefficient (Wildman–Crippen LogP) is 3.97. The molecule has 100 valence electrons. The van der Waals surface area contributed by atoms with E-state index in [1.54, 1.807) is 0 Å². The number of nitrogens with one attached hydrogen (secondary N) is 1. The Morgan fingerprint density at radius 1 is 1.22 bits per heavy atom.